The van der Waals surface area contributed by atoms with E-state index in [-0.39, 0.29) is 12.7 Å². The van der Waals surface area contributed by atoms with Crippen LogP contribution in [0.1, 0.15) is 38.0 Å². The van der Waals surface area contributed by atoms with E-state index in [1.807, 2.05) is 37.3 Å². The smallest absolute Gasteiger partial charge is 0.417 e. The second-order valence-corrected chi connectivity index (χ2v) is 7.68. The Kier molecular flexibility index (Phi) is 7.65. The van der Waals surface area contributed by atoms with Gasteiger partial charge in [0.2, 0.25) is 0 Å². The summed E-state index contributed by atoms with van der Waals surface area (Å²) in [4.78, 5) is 26.9. The third kappa shape index (κ3) is 5.62. The molecule has 1 N–H and O–H groups in total. The number of carbonyl (C=O) groups is 2. The molecule has 2 aromatic rings. The van der Waals surface area contributed by atoms with E-state index in [1.165, 1.54) is 0 Å². The van der Waals surface area contributed by atoms with E-state index in [0.29, 0.717) is 24.3 Å². The summed E-state index contributed by atoms with van der Waals surface area (Å²) in [6.45, 7) is 6.06. The number of hydrogen-bond acceptors (Lipinski definition) is 6. The lowest BCUT2D eigenvalue weighted by Crippen LogP contribution is -2.49. The maximum atomic E-state index is 13.4. The molecule has 3 atom stereocenters. The van der Waals surface area contributed by atoms with Crippen molar-refractivity contribution >= 4 is 12.0 Å². The predicted molar refractivity (Wildman–Crippen MR) is 115 cm³/mol. The van der Waals surface area contributed by atoms with Crippen molar-refractivity contribution in [3.8, 4) is 5.75 Å². The molecule has 3 rings (SSSR count). The van der Waals surface area contributed by atoms with Crippen molar-refractivity contribution < 1.29 is 28.9 Å². The lowest BCUT2D eigenvalue weighted by atomic mass is 10.0. The van der Waals surface area contributed by atoms with Gasteiger partial charge in [-0.15, -0.1) is 0 Å². The molecule has 0 aromatic heterocycles. The summed E-state index contributed by atoms with van der Waals surface area (Å²) in [6, 6.07) is 15.9. The fourth-order valence-electron chi connectivity index (χ4n) is 3.57. The summed E-state index contributed by atoms with van der Waals surface area (Å²) in [5, 5.41) is 11.0. The van der Waals surface area contributed by atoms with Gasteiger partial charge in [0, 0.05) is 0 Å². The minimum absolute atomic E-state index is 0.104. The molecule has 2 amide bonds. The molecular weight excluding hydrogens is 398 g/mol. The van der Waals surface area contributed by atoms with E-state index in [9.17, 15) is 14.7 Å². The first kappa shape index (κ1) is 22.8. The summed E-state index contributed by atoms with van der Waals surface area (Å²) in [6.07, 6.45) is -3.09. The van der Waals surface area contributed by atoms with Crippen LogP contribution in [-0.4, -0.2) is 53.5 Å². The molecule has 0 radical (unpaired) electrons. The first-order chi connectivity index (χ1) is 14.9. The van der Waals surface area contributed by atoms with E-state index in [1.54, 1.807) is 38.1 Å². The van der Waals surface area contributed by atoms with Crippen molar-refractivity contribution in [3.63, 3.8) is 0 Å². The quantitative estimate of drug-likeness (QED) is 0.659. The SMILES string of the molecule is CCOc1ccc(C(O)C(OC(C)C)C(=O)N2C(=O)OCC2Cc2ccccc2)cc1. The molecule has 1 aliphatic heterocycles. The van der Waals surface area contributed by atoms with Crippen molar-refractivity contribution in [3.05, 3.63) is 65.7 Å². The molecular formula is C24H29NO6. The van der Waals surface area contributed by atoms with Gasteiger partial charge in [-0.25, -0.2) is 9.69 Å². The van der Waals surface area contributed by atoms with Gasteiger partial charge in [0.1, 0.15) is 18.5 Å². The number of aliphatic hydroxyl groups is 1. The monoisotopic (exact) mass is 427 g/mol. The number of ether oxygens (including phenoxy) is 3. The van der Waals surface area contributed by atoms with Crippen molar-refractivity contribution in [2.45, 2.75) is 51.5 Å². The van der Waals surface area contributed by atoms with Crippen LogP contribution in [0.2, 0.25) is 0 Å². The Morgan fingerprint density at radius 2 is 1.84 bits per heavy atom. The lowest BCUT2D eigenvalue weighted by molar-refractivity contribution is -0.154. The zero-order valence-corrected chi connectivity index (χ0v) is 18.1. The van der Waals surface area contributed by atoms with Gasteiger partial charge in [0.05, 0.1) is 18.8 Å². The molecule has 0 bridgehead atoms. The van der Waals surface area contributed by atoms with Crippen molar-refractivity contribution in [1.29, 1.82) is 0 Å². The molecule has 2 aromatic carbocycles. The summed E-state index contributed by atoms with van der Waals surface area (Å²) < 4.78 is 16.4. The summed E-state index contributed by atoms with van der Waals surface area (Å²) >= 11 is 0. The van der Waals surface area contributed by atoms with Gasteiger partial charge in [-0.2, -0.15) is 0 Å². The van der Waals surface area contributed by atoms with Gasteiger partial charge in [0.15, 0.2) is 6.10 Å². The van der Waals surface area contributed by atoms with Gasteiger partial charge >= 0.3 is 6.09 Å². The number of amides is 2. The number of imide groups is 1. The van der Waals surface area contributed by atoms with Gasteiger partial charge in [0.25, 0.3) is 5.91 Å². The number of aliphatic hydroxyl groups excluding tert-OH is 1. The number of carbonyl (C=O) groups excluding carboxylic acids is 2. The van der Waals surface area contributed by atoms with Crippen molar-refractivity contribution in [2.24, 2.45) is 0 Å². The summed E-state index contributed by atoms with van der Waals surface area (Å²) in [7, 11) is 0. The normalized spacial score (nSPS) is 18.0. The molecule has 1 aliphatic rings. The maximum absolute atomic E-state index is 13.4. The number of cyclic esters (lactones) is 1. The van der Waals surface area contributed by atoms with Crippen LogP contribution in [-0.2, 0) is 20.7 Å². The second kappa shape index (κ2) is 10.4. The van der Waals surface area contributed by atoms with E-state index in [2.05, 4.69) is 0 Å². The number of benzene rings is 2. The Labute approximate surface area is 182 Å². The van der Waals surface area contributed by atoms with Crippen LogP contribution in [0.15, 0.2) is 54.6 Å². The average Bonchev–Trinajstić information content (AvgIpc) is 3.12. The molecule has 31 heavy (non-hydrogen) atoms. The van der Waals surface area contributed by atoms with E-state index < -0.39 is 30.3 Å². The van der Waals surface area contributed by atoms with Crippen LogP contribution in [0.25, 0.3) is 0 Å². The zero-order valence-electron chi connectivity index (χ0n) is 18.1. The Morgan fingerprint density at radius 3 is 2.45 bits per heavy atom. The molecule has 7 nitrogen and oxygen atoms in total. The fourth-order valence-corrected chi connectivity index (χ4v) is 3.57. The highest BCUT2D eigenvalue weighted by atomic mass is 16.6. The molecule has 1 saturated heterocycles. The lowest BCUT2D eigenvalue weighted by Gasteiger charge is -2.29. The highest BCUT2D eigenvalue weighted by molar-refractivity contribution is 5.96. The van der Waals surface area contributed by atoms with Crippen LogP contribution in [0.3, 0.4) is 0 Å². The highest BCUT2D eigenvalue weighted by Gasteiger charge is 2.44. The van der Waals surface area contributed by atoms with Crippen LogP contribution in [0.4, 0.5) is 4.79 Å². The van der Waals surface area contributed by atoms with Gasteiger partial charge < -0.3 is 19.3 Å². The Morgan fingerprint density at radius 1 is 1.16 bits per heavy atom. The molecule has 0 spiro atoms. The topological polar surface area (TPSA) is 85.3 Å². The minimum atomic E-state index is -1.25. The Bertz CT molecular complexity index is 867. The zero-order chi connectivity index (χ0) is 22.4. The molecule has 0 saturated carbocycles. The molecule has 0 aliphatic carbocycles. The Hall–Kier alpha value is -2.90. The van der Waals surface area contributed by atoms with Crippen LogP contribution >= 0.6 is 0 Å². The van der Waals surface area contributed by atoms with Gasteiger partial charge in [-0.3, -0.25) is 4.79 Å². The van der Waals surface area contributed by atoms with E-state index >= 15 is 0 Å². The first-order valence-electron chi connectivity index (χ1n) is 10.5. The van der Waals surface area contributed by atoms with E-state index in [0.717, 1.165) is 10.5 Å². The maximum Gasteiger partial charge on any atom is 0.417 e. The molecule has 1 heterocycles. The summed E-state index contributed by atoms with van der Waals surface area (Å²) in [5.74, 6) is 0.0515. The van der Waals surface area contributed by atoms with Gasteiger partial charge in [-0.05, 0) is 50.5 Å². The second-order valence-electron chi connectivity index (χ2n) is 7.68. The predicted octanol–water partition coefficient (Wildman–Crippen LogP) is 3.50. The number of rotatable bonds is 9. The van der Waals surface area contributed by atoms with E-state index in [4.69, 9.17) is 14.2 Å². The highest BCUT2D eigenvalue weighted by Crippen LogP contribution is 2.27. The van der Waals surface area contributed by atoms with Gasteiger partial charge in [-0.1, -0.05) is 42.5 Å². The summed E-state index contributed by atoms with van der Waals surface area (Å²) in [5.41, 5.74) is 1.48. The van der Waals surface area contributed by atoms with Crippen LogP contribution in [0.5, 0.6) is 5.75 Å². The largest absolute Gasteiger partial charge is 0.494 e. The van der Waals surface area contributed by atoms with Crippen molar-refractivity contribution in [2.75, 3.05) is 13.2 Å². The molecule has 7 heteroatoms. The Balaban J connectivity index is 1.82. The van der Waals surface area contributed by atoms with Crippen LogP contribution < -0.4 is 4.74 Å². The van der Waals surface area contributed by atoms with Crippen molar-refractivity contribution in [1.82, 2.24) is 4.90 Å². The molecule has 1 fully saturated rings. The number of hydrogen-bond donors (Lipinski definition) is 1. The minimum Gasteiger partial charge on any atom is -0.494 e. The third-order valence-electron chi connectivity index (χ3n) is 4.99. The fraction of sp³-hybridized carbons (Fsp3) is 0.417. The van der Waals surface area contributed by atoms with Crippen LogP contribution in [0, 0.1) is 0 Å². The molecule has 3 unspecified atom stereocenters. The molecule has 166 valence electrons. The number of nitrogens with zero attached hydrogens (tertiary/aromatic N) is 1. The third-order valence-corrected chi connectivity index (χ3v) is 4.99. The first-order valence-corrected chi connectivity index (χ1v) is 10.5. The standard InChI is InChI=1S/C24H29NO6/c1-4-29-20-12-10-18(11-13-20)21(26)22(31-16(2)3)23(27)25-19(15-30-24(25)28)14-17-8-6-5-7-9-17/h5-13,16,19,21-22,26H,4,14-15H2,1-3H3. The average molecular weight is 427 g/mol.